The van der Waals surface area contributed by atoms with E-state index in [9.17, 15) is 4.79 Å². The number of aliphatic hydroxyl groups is 1. The molecule has 33 heavy (non-hydrogen) atoms. The van der Waals surface area contributed by atoms with Gasteiger partial charge in [0.15, 0.2) is 14.2 Å². The summed E-state index contributed by atoms with van der Waals surface area (Å²) < 4.78 is 11.9. The molecular formula is C24H45N3O5Si. The van der Waals surface area contributed by atoms with E-state index in [1.54, 1.807) is 26.0 Å². The molecule has 0 saturated heterocycles. The molecule has 0 aliphatic carbocycles. The number of esters is 1. The molecule has 1 unspecified atom stereocenters. The molecule has 1 aromatic carbocycles. The van der Waals surface area contributed by atoms with Crippen molar-refractivity contribution in [3.63, 3.8) is 0 Å². The molecule has 2 atom stereocenters. The predicted molar refractivity (Wildman–Crippen MR) is 136 cm³/mol. The molecule has 0 spiro atoms. The first-order valence-electron chi connectivity index (χ1n) is 11.3. The third kappa shape index (κ3) is 11.2. The highest BCUT2D eigenvalue weighted by molar-refractivity contribution is 6.74. The fourth-order valence-corrected chi connectivity index (χ4v) is 3.47. The molecule has 8 nitrogen and oxygen atoms in total. The Balaban J connectivity index is 0.00000322. The van der Waals surface area contributed by atoms with Crippen molar-refractivity contribution in [3.8, 4) is 0 Å². The van der Waals surface area contributed by atoms with E-state index in [4.69, 9.17) is 25.2 Å². The van der Waals surface area contributed by atoms with E-state index in [2.05, 4.69) is 44.3 Å². The van der Waals surface area contributed by atoms with Crippen LogP contribution in [0.15, 0.2) is 29.4 Å². The summed E-state index contributed by atoms with van der Waals surface area (Å²) in [6.07, 6.45) is 0. The maximum absolute atomic E-state index is 12.5. The first-order chi connectivity index (χ1) is 15.0. The molecule has 0 aliphatic rings. The minimum Gasteiger partial charge on any atom is -0.459 e. The number of nitrogens with two attached hydrogens (primary N) is 1. The molecule has 1 rings (SSSR count). The largest absolute Gasteiger partial charge is 0.459 e. The van der Waals surface area contributed by atoms with E-state index >= 15 is 0 Å². The number of oxime groups is 1. The van der Waals surface area contributed by atoms with Crippen molar-refractivity contribution in [2.75, 3.05) is 13.2 Å². The molecule has 0 saturated carbocycles. The Hall–Kier alpha value is -1.94. The van der Waals surface area contributed by atoms with Gasteiger partial charge in [0.25, 0.3) is 0 Å². The van der Waals surface area contributed by atoms with Crippen LogP contribution < -0.4 is 11.1 Å². The summed E-state index contributed by atoms with van der Waals surface area (Å²) in [6.45, 7) is 20.7. The first kappa shape index (κ1) is 31.1. The molecule has 5 N–H and O–H groups in total. The summed E-state index contributed by atoms with van der Waals surface area (Å²) in [5, 5.41) is 22.9. The number of aliphatic hydroxyl groups excluding tert-OH is 1. The molecule has 0 aromatic heterocycles. The van der Waals surface area contributed by atoms with Crippen molar-refractivity contribution >= 4 is 20.1 Å². The van der Waals surface area contributed by atoms with E-state index in [0.29, 0.717) is 12.2 Å². The molecule has 9 heteroatoms. The molecule has 1 aromatic rings. The Morgan fingerprint density at radius 2 is 1.64 bits per heavy atom. The monoisotopic (exact) mass is 483 g/mol. The highest BCUT2D eigenvalue weighted by atomic mass is 28.4. The number of hydrogen-bond donors (Lipinski definition) is 4. The number of carbonyl (C=O) groups is 1. The zero-order valence-electron chi connectivity index (χ0n) is 22.0. The van der Waals surface area contributed by atoms with Crippen LogP contribution in [0.1, 0.15) is 72.6 Å². The van der Waals surface area contributed by atoms with Gasteiger partial charge in [-0.1, -0.05) is 50.2 Å². The summed E-state index contributed by atoms with van der Waals surface area (Å²) in [6, 6.07) is 6.61. The number of rotatable bonds is 8. The van der Waals surface area contributed by atoms with Gasteiger partial charge < -0.3 is 25.2 Å². The average Bonchev–Trinajstić information content (AvgIpc) is 2.69. The van der Waals surface area contributed by atoms with Gasteiger partial charge in [-0.3, -0.25) is 10.1 Å². The SMILES string of the molecule is CCO.C[C@@H](NC(CO[Si](C)(C)C(C)(C)C)c1ccc(/C(N)=N/O)cc1)C(=O)OC(C)(C)C. The summed E-state index contributed by atoms with van der Waals surface area (Å²) in [4.78, 5) is 12.5. The van der Waals surface area contributed by atoms with Crippen molar-refractivity contribution in [1.82, 2.24) is 5.32 Å². The first-order valence-corrected chi connectivity index (χ1v) is 14.2. The second-order valence-corrected chi connectivity index (χ2v) is 15.3. The van der Waals surface area contributed by atoms with E-state index in [1.807, 2.05) is 32.9 Å². The van der Waals surface area contributed by atoms with Gasteiger partial charge >= 0.3 is 5.97 Å². The van der Waals surface area contributed by atoms with Gasteiger partial charge in [-0.15, -0.1) is 0 Å². The molecular weight excluding hydrogens is 438 g/mol. The second-order valence-electron chi connectivity index (χ2n) is 10.5. The minimum absolute atomic E-state index is 0.0469. The third-order valence-electron chi connectivity index (χ3n) is 5.35. The smallest absolute Gasteiger partial charge is 0.323 e. The Labute approximate surface area is 200 Å². The van der Waals surface area contributed by atoms with Gasteiger partial charge in [-0.2, -0.15) is 0 Å². The quantitative estimate of drug-likeness (QED) is 0.109. The topological polar surface area (TPSA) is 126 Å². The van der Waals surface area contributed by atoms with Crippen molar-refractivity contribution in [1.29, 1.82) is 0 Å². The van der Waals surface area contributed by atoms with E-state index in [0.717, 1.165) is 5.56 Å². The Morgan fingerprint density at radius 3 is 2.03 bits per heavy atom. The van der Waals surface area contributed by atoms with Crippen molar-refractivity contribution in [2.24, 2.45) is 10.9 Å². The molecule has 0 amide bonds. The Morgan fingerprint density at radius 1 is 1.15 bits per heavy atom. The maximum Gasteiger partial charge on any atom is 0.323 e. The zero-order valence-corrected chi connectivity index (χ0v) is 23.0. The molecule has 0 fully saturated rings. The number of nitrogens with one attached hydrogen (secondary N) is 1. The molecule has 0 bridgehead atoms. The molecule has 190 valence electrons. The Bertz CT molecular complexity index is 753. The van der Waals surface area contributed by atoms with Crippen LogP contribution in [0.25, 0.3) is 0 Å². The van der Waals surface area contributed by atoms with Crippen LogP contribution in [0.5, 0.6) is 0 Å². The standard InChI is InChI=1S/C22H39N3O4Si.C2H6O/c1-15(20(26)29-21(2,3)4)24-18(14-28-30(8,9)22(5,6)7)16-10-12-17(13-11-16)19(23)25-27;1-2-3/h10-13,15,18,24,27H,14H2,1-9H3,(H2,23,25);3H,2H2,1H3/t15-,18?;/m1./s1. The number of benzene rings is 1. The van der Waals surface area contributed by atoms with Gasteiger partial charge in [0.1, 0.15) is 11.6 Å². The van der Waals surface area contributed by atoms with Crippen LogP contribution >= 0.6 is 0 Å². The second kappa shape index (κ2) is 13.1. The van der Waals surface area contributed by atoms with Gasteiger partial charge in [0, 0.05) is 12.2 Å². The Kier molecular flexibility index (Phi) is 12.3. The number of amidine groups is 1. The van der Waals surface area contributed by atoms with Gasteiger partial charge in [0.2, 0.25) is 0 Å². The lowest BCUT2D eigenvalue weighted by Crippen LogP contribution is -2.46. The van der Waals surface area contributed by atoms with Crippen molar-refractivity contribution in [3.05, 3.63) is 35.4 Å². The fourth-order valence-electron chi connectivity index (χ4n) is 2.45. The number of carbonyl (C=O) groups excluding carboxylic acids is 1. The van der Waals surface area contributed by atoms with Crippen molar-refractivity contribution < 1.29 is 24.3 Å². The molecule has 0 aliphatic heterocycles. The molecule has 0 radical (unpaired) electrons. The van der Waals surface area contributed by atoms with Crippen molar-refractivity contribution in [2.45, 2.75) is 91.2 Å². The van der Waals surface area contributed by atoms with Crippen LogP contribution in [-0.2, 0) is 14.0 Å². The third-order valence-corrected chi connectivity index (χ3v) is 9.85. The highest BCUT2D eigenvalue weighted by Crippen LogP contribution is 2.37. The lowest BCUT2D eigenvalue weighted by atomic mass is 10.0. The average molecular weight is 484 g/mol. The van der Waals surface area contributed by atoms with E-state index < -0.39 is 20.0 Å². The summed E-state index contributed by atoms with van der Waals surface area (Å²) in [5.74, 6) is -0.265. The van der Waals surface area contributed by atoms with Gasteiger partial charge in [-0.05, 0) is 58.3 Å². The van der Waals surface area contributed by atoms with E-state index in [1.165, 1.54) is 0 Å². The summed E-state index contributed by atoms with van der Waals surface area (Å²) >= 11 is 0. The fraction of sp³-hybridized carbons (Fsp3) is 0.667. The summed E-state index contributed by atoms with van der Waals surface area (Å²) in [7, 11) is -1.98. The van der Waals surface area contributed by atoms with Crippen LogP contribution in [0.4, 0.5) is 0 Å². The van der Waals surface area contributed by atoms with E-state index in [-0.39, 0.29) is 29.5 Å². The minimum atomic E-state index is -1.98. The highest BCUT2D eigenvalue weighted by Gasteiger charge is 2.38. The maximum atomic E-state index is 12.5. The van der Waals surface area contributed by atoms with Crippen LogP contribution in [0, 0.1) is 0 Å². The zero-order chi connectivity index (χ0) is 26.0. The lowest BCUT2D eigenvalue weighted by Gasteiger charge is -2.38. The normalized spacial score (nSPS) is 14.7. The van der Waals surface area contributed by atoms with Gasteiger partial charge in [-0.25, -0.2) is 0 Å². The number of nitrogens with zero attached hydrogens (tertiary/aromatic N) is 1. The summed E-state index contributed by atoms with van der Waals surface area (Å²) in [5.41, 5.74) is 6.67. The van der Waals surface area contributed by atoms with Crippen LogP contribution in [0.3, 0.4) is 0 Å². The van der Waals surface area contributed by atoms with Gasteiger partial charge in [0.05, 0.1) is 12.6 Å². The lowest BCUT2D eigenvalue weighted by molar-refractivity contribution is -0.157. The predicted octanol–water partition coefficient (Wildman–Crippen LogP) is 4.16. The van der Waals surface area contributed by atoms with Crippen LogP contribution in [-0.4, -0.2) is 55.3 Å². The number of hydrogen-bond acceptors (Lipinski definition) is 7. The van der Waals surface area contributed by atoms with Crippen LogP contribution in [0.2, 0.25) is 18.1 Å². The molecule has 0 heterocycles. The number of ether oxygens (including phenoxy) is 1.